The Morgan fingerprint density at radius 3 is 2.67 bits per heavy atom. The fourth-order valence-corrected chi connectivity index (χ4v) is 2.75. The molecule has 0 aliphatic rings. The van der Waals surface area contributed by atoms with Gasteiger partial charge >= 0.3 is 0 Å². The summed E-state index contributed by atoms with van der Waals surface area (Å²) < 4.78 is 16.3. The van der Waals surface area contributed by atoms with Gasteiger partial charge in [-0.3, -0.25) is 4.79 Å². The lowest BCUT2D eigenvalue weighted by molar-refractivity contribution is 0.102. The zero-order valence-corrected chi connectivity index (χ0v) is 14.8. The van der Waals surface area contributed by atoms with Gasteiger partial charge in [0, 0.05) is 10.2 Å². The molecule has 1 heterocycles. The quantitative estimate of drug-likeness (QED) is 0.711. The fraction of sp³-hybridized carbons (Fsp3) is 0.111. The standard InChI is InChI=1S/C18H15BrFN3O/c1-11-7-8-13(9-15(11)19)22-18(24)14-10-21-23(12(14)2)17-6-4-3-5-16(17)20/h3-10H,1-2H3,(H,22,24). The van der Waals surface area contributed by atoms with Crippen LogP contribution in [0, 0.1) is 19.7 Å². The van der Waals surface area contributed by atoms with Crippen LogP contribution in [0.4, 0.5) is 10.1 Å². The van der Waals surface area contributed by atoms with Gasteiger partial charge in [-0.2, -0.15) is 5.10 Å². The Labute approximate surface area is 147 Å². The van der Waals surface area contributed by atoms with Crippen LogP contribution in [0.25, 0.3) is 5.69 Å². The largest absolute Gasteiger partial charge is 0.322 e. The van der Waals surface area contributed by atoms with Crippen LogP contribution in [0.15, 0.2) is 53.1 Å². The molecule has 0 unspecified atom stereocenters. The first-order valence-electron chi connectivity index (χ1n) is 7.34. The van der Waals surface area contributed by atoms with Crippen LogP contribution in [0.2, 0.25) is 0 Å². The topological polar surface area (TPSA) is 46.9 Å². The molecule has 0 spiro atoms. The van der Waals surface area contributed by atoms with Gasteiger partial charge < -0.3 is 5.32 Å². The molecule has 1 N–H and O–H groups in total. The van der Waals surface area contributed by atoms with Crippen molar-refractivity contribution < 1.29 is 9.18 Å². The van der Waals surface area contributed by atoms with E-state index in [2.05, 4.69) is 26.3 Å². The number of para-hydroxylation sites is 1. The minimum atomic E-state index is -0.391. The van der Waals surface area contributed by atoms with Crippen LogP contribution in [-0.4, -0.2) is 15.7 Å². The Bertz CT molecular complexity index is 920. The van der Waals surface area contributed by atoms with E-state index in [0.717, 1.165) is 10.0 Å². The summed E-state index contributed by atoms with van der Waals surface area (Å²) in [6.45, 7) is 3.71. The first kappa shape index (κ1) is 16.4. The van der Waals surface area contributed by atoms with Crippen LogP contribution in [0.3, 0.4) is 0 Å². The lowest BCUT2D eigenvalue weighted by Gasteiger charge is -2.08. The zero-order valence-electron chi connectivity index (χ0n) is 13.2. The van der Waals surface area contributed by atoms with Crippen molar-refractivity contribution in [1.29, 1.82) is 0 Å². The van der Waals surface area contributed by atoms with E-state index in [1.54, 1.807) is 25.1 Å². The normalized spacial score (nSPS) is 10.7. The van der Waals surface area contributed by atoms with Gasteiger partial charge in [0.15, 0.2) is 0 Å². The number of amides is 1. The van der Waals surface area contributed by atoms with Crippen molar-refractivity contribution >= 4 is 27.5 Å². The smallest absolute Gasteiger partial charge is 0.259 e. The molecule has 0 aliphatic carbocycles. The number of carbonyl (C=O) groups excluding carboxylic acids is 1. The van der Waals surface area contributed by atoms with E-state index in [9.17, 15) is 9.18 Å². The summed E-state index contributed by atoms with van der Waals surface area (Å²) in [7, 11) is 0. The minimum Gasteiger partial charge on any atom is -0.322 e. The summed E-state index contributed by atoms with van der Waals surface area (Å²) in [5, 5.41) is 6.98. The lowest BCUT2D eigenvalue weighted by atomic mass is 10.2. The van der Waals surface area contributed by atoms with Gasteiger partial charge in [0.25, 0.3) is 5.91 Å². The molecule has 0 bridgehead atoms. The van der Waals surface area contributed by atoms with Crippen molar-refractivity contribution in [3.05, 3.63) is 75.8 Å². The second-order valence-corrected chi connectivity index (χ2v) is 6.28. The van der Waals surface area contributed by atoms with Crippen molar-refractivity contribution in [3.8, 4) is 5.69 Å². The van der Waals surface area contributed by atoms with E-state index in [1.807, 2.05) is 25.1 Å². The molecule has 2 aromatic carbocycles. The number of nitrogens with zero attached hydrogens (tertiary/aromatic N) is 2. The summed E-state index contributed by atoms with van der Waals surface area (Å²) in [5.41, 5.74) is 3.04. The van der Waals surface area contributed by atoms with Gasteiger partial charge in [-0.05, 0) is 43.7 Å². The molecule has 122 valence electrons. The van der Waals surface area contributed by atoms with E-state index in [1.165, 1.54) is 16.9 Å². The number of rotatable bonds is 3. The minimum absolute atomic E-state index is 0.286. The number of hydrogen-bond donors (Lipinski definition) is 1. The molecule has 4 nitrogen and oxygen atoms in total. The zero-order chi connectivity index (χ0) is 17.3. The van der Waals surface area contributed by atoms with Crippen LogP contribution < -0.4 is 5.32 Å². The number of anilines is 1. The van der Waals surface area contributed by atoms with Crippen LogP contribution in [-0.2, 0) is 0 Å². The highest BCUT2D eigenvalue weighted by molar-refractivity contribution is 9.10. The molecule has 1 amide bonds. The second-order valence-electron chi connectivity index (χ2n) is 5.42. The average Bonchev–Trinajstić information content (AvgIpc) is 2.93. The number of carbonyl (C=O) groups is 1. The van der Waals surface area contributed by atoms with Gasteiger partial charge in [0.2, 0.25) is 0 Å². The maximum Gasteiger partial charge on any atom is 0.259 e. The van der Waals surface area contributed by atoms with E-state index in [0.29, 0.717) is 22.6 Å². The predicted octanol–water partition coefficient (Wildman–Crippen LogP) is 4.64. The summed E-state index contributed by atoms with van der Waals surface area (Å²) in [6.07, 6.45) is 1.44. The van der Waals surface area contributed by atoms with E-state index < -0.39 is 5.82 Å². The molecular weight excluding hydrogens is 373 g/mol. The van der Waals surface area contributed by atoms with Crippen molar-refractivity contribution in [2.75, 3.05) is 5.32 Å². The Hall–Kier alpha value is -2.47. The fourth-order valence-electron chi connectivity index (χ4n) is 2.37. The SMILES string of the molecule is Cc1ccc(NC(=O)c2cnn(-c3ccccc3F)c2C)cc1Br. The number of benzene rings is 2. The van der Waals surface area contributed by atoms with Crippen molar-refractivity contribution in [3.63, 3.8) is 0 Å². The molecule has 0 fully saturated rings. The predicted molar refractivity (Wildman–Crippen MR) is 95.1 cm³/mol. The highest BCUT2D eigenvalue weighted by Gasteiger charge is 2.17. The molecule has 0 saturated carbocycles. The third-order valence-electron chi connectivity index (χ3n) is 3.76. The summed E-state index contributed by atoms with van der Waals surface area (Å²) in [6, 6.07) is 11.9. The van der Waals surface area contributed by atoms with Crippen LogP contribution >= 0.6 is 15.9 Å². The van der Waals surface area contributed by atoms with Crippen molar-refractivity contribution in [2.24, 2.45) is 0 Å². The molecular formula is C18H15BrFN3O. The Kier molecular flexibility index (Phi) is 4.49. The molecule has 3 aromatic rings. The van der Waals surface area contributed by atoms with Gasteiger partial charge in [-0.15, -0.1) is 0 Å². The lowest BCUT2D eigenvalue weighted by Crippen LogP contribution is -2.13. The molecule has 6 heteroatoms. The molecule has 0 aliphatic heterocycles. The van der Waals surface area contributed by atoms with Gasteiger partial charge in [-0.1, -0.05) is 34.1 Å². The Morgan fingerprint density at radius 2 is 1.96 bits per heavy atom. The summed E-state index contributed by atoms with van der Waals surface area (Å²) in [4.78, 5) is 12.5. The van der Waals surface area contributed by atoms with Crippen molar-refractivity contribution in [2.45, 2.75) is 13.8 Å². The molecule has 0 radical (unpaired) electrons. The highest BCUT2D eigenvalue weighted by Crippen LogP contribution is 2.22. The number of halogens is 2. The van der Waals surface area contributed by atoms with Crippen molar-refractivity contribution in [1.82, 2.24) is 9.78 Å². The second kappa shape index (κ2) is 6.57. The highest BCUT2D eigenvalue weighted by atomic mass is 79.9. The van der Waals surface area contributed by atoms with Gasteiger partial charge in [-0.25, -0.2) is 9.07 Å². The Balaban J connectivity index is 1.89. The van der Waals surface area contributed by atoms with Gasteiger partial charge in [0.05, 0.1) is 17.5 Å². The number of aryl methyl sites for hydroxylation is 1. The van der Waals surface area contributed by atoms with E-state index in [-0.39, 0.29) is 5.91 Å². The number of nitrogens with one attached hydrogen (secondary N) is 1. The third kappa shape index (κ3) is 3.10. The maximum atomic E-state index is 13.9. The van der Waals surface area contributed by atoms with Gasteiger partial charge in [0.1, 0.15) is 11.5 Å². The monoisotopic (exact) mass is 387 g/mol. The molecule has 24 heavy (non-hydrogen) atoms. The molecule has 0 atom stereocenters. The maximum absolute atomic E-state index is 13.9. The average molecular weight is 388 g/mol. The molecule has 0 saturated heterocycles. The van der Waals surface area contributed by atoms with Crippen LogP contribution in [0.1, 0.15) is 21.6 Å². The Morgan fingerprint density at radius 1 is 1.21 bits per heavy atom. The first-order valence-corrected chi connectivity index (χ1v) is 8.13. The number of aromatic nitrogens is 2. The third-order valence-corrected chi connectivity index (χ3v) is 4.62. The molecule has 3 rings (SSSR count). The van der Waals surface area contributed by atoms with E-state index in [4.69, 9.17) is 0 Å². The van der Waals surface area contributed by atoms with Crippen LogP contribution in [0.5, 0.6) is 0 Å². The number of hydrogen-bond acceptors (Lipinski definition) is 2. The summed E-state index contributed by atoms with van der Waals surface area (Å²) in [5.74, 6) is -0.677. The summed E-state index contributed by atoms with van der Waals surface area (Å²) >= 11 is 3.44. The first-order chi connectivity index (χ1) is 11.5. The molecule has 1 aromatic heterocycles. The van der Waals surface area contributed by atoms with E-state index >= 15 is 0 Å².